The van der Waals surface area contributed by atoms with E-state index in [1.54, 1.807) is 0 Å². The molecule has 0 heterocycles. The Morgan fingerprint density at radius 3 is 1.85 bits per heavy atom. The molecular formula is C6H6F3NaO2S. The molecule has 0 aromatic carbocycles. The Morgan fingerprint density at radius 1 is 1.23 bits per heavy atom. The average Bonchev–Trinajstić information content (AvgIpc) is 1.46. The average molecular weight is 222 g/mol. The molecule has 0 radical (unpaired) electrons. The summed E-state index contributed by atoms with van der Waals surface area (Å²) in [5.74, 6) is 0. The zero-order chi connectivity index (χ0) is 9.20. The SMILES string of the molecule is O=S([O-])C12CC(C(F)(F)F)(C1)C2.[Na+]. The van der Waals surface area contributed by atoms with Crippen LogP contribution in [0.15, 0.2) is 0 Å². The van der Waals surface area contributed by atoms with Crippen LogP contribution in [0.2, 0.25) is 0 Å². The summed E-state index contributed by atoms with van der Waals surface area (Å²) in [6.07, 6.45) is -4.88. The normalized spacial score (nSPS) is 44.0. The molecule has 0 amide bonds. The molecule has 2 bridgehead atoms. The van der Waals surface area contributed by atoms with Crippen molar-refractivity contribution in [2.75, 3.05) is 0 Å². The van der Waals surface area contributed by atoms with E-state index in [-0.39, 0.29) is 48.8 Å². The van der Waals surface area contributed by atoms with E-state index in [0.29, 0.717) is 0 Å². The van der Waals surface area contributed by atoms with E-state index in [1.807, 2.05) is 0 Å². The van der Waals surface area contributed by atoms with Gasteiger partial charge in [-0.1, -0.05) is 0 Å². The second-order valence-corrected chi connectivity index (χ2v) is 5.06. The van der Waals surface area contributed by atoms with E-state index >= 15 is 0 Å². The molecule has 70 valence electrons. The van der Waals surface area contributed by atoms with Gasteiger partial charge in [0, 0.05) is 4.75 Å². The standard InChI is InChI=1S/C6H7F3O2S.Na/c7-6(8,9)4-1-5(2-4,3-4)12(10)11;/h1-3H2,(H,10,11);/q;+1/p-1. The molecule has 0 aromatic rings. The predicted molar refractivity (Wildman–Crippen MR) is 34.0 cm³/mol. The van der Waals surface area contributed by atoms with Gasteiger partial charge in [-0.05, 0) is 30.3 Å². The first kappa shape index (κ1) is 12.0. The van der Waals surface area contributed by atoms with Gasteiger partial charge in [-0.15, -0.1) is 0 Å². The third-order valence-corrected chi connectivity index (χ3v) is 4.08. The molecule has 13 heavy (non-hydrogen) atoms. The summed E-state index contributed by atoms with van der Waals surface area (Å²) in [4.78, 5) is 0. The summed E-state index contributed by atoms with van der Waals surface area (Å²) in [6, 6.07) is 0. The molecule has 1 unspecified atom stereocenters. The van der Waals surface area contributed by atoms with E-state index in [2.05, 4.69) is 0 Å². The van der Waals surface area contributed by atoms with E-state index in [0.717, 1.165) is 0 Å². The Bertz CT molecular complexity index is 245. The summed E-state index contributed by atoms with van der Waals surface area (Å²) >= 11 is -2.33. The van der Waals surface area contributed by atoms with Crippen molar-refractivity contribution in [2.45, 2.75) is 30.2 Å². The predicted octanol–water partition coefficient (Wildman–Crippen LogP) is -1.65. The summed E-state index contributed by atoms with van der Waals surface area (Å²) in [7, 11) is 0. The van der Waals surface area contributed by atoms with Crippen molar-refractivity contribution < 1.29 is 51.5 Å². The molecule has 0 aliphatic heterocycles. The van der Waals surface area contributed by atoms with Crippen LogP contribution in [0.5, 0.6) is 0 Å². The van der Waals surface area contributed by atoms with E-state index < -0.39 is 27.4 Å². The van der Waals surface area contributed by atoms with Gasteiger partial charge in [-0.2, -0.15) is 13.2 Å². The van der Waals surface area contributed by atoms with Crippen LogP contribution in [-0.2, 0) is 11.1 Å². The van der Waals surface area contributed by atoms with E-state index in [4.69, 9.17) is 0 Å². The molecule has 0 aromatic heterocycles. The molecule has 3 aliphatic carbocycles. The second kappa shape index (κ2) is 2.95. The van der Waals surface area contributed by atoms with Crippen LogP contribution >= 0.6 is 0 Å². The maximum atomic E-state index is 12.2. The number of rotatable bonds is 1. The van der Waals surface area contributed by atoms with Gasteiger partial charge in [-0.3, -0.25) is 4.21 Å². The summed E-state index contributed by atoms with van der Waals surface area (Å²) < 4.78 is 56.3. The molecule has 0 saturated heterocycles. The van der Waals surface area contributed by atoms with Gasteiger partial charge in [0.25, 0.3) is 0 Å². The largest absolute Gasteiger partial charge is 1.00 e. The smallest absolute Gasteiger partial charge is 0.772 e. The van der Waals surface area contributed by atoms with Crippen LogP contribution in [0.3, 0.4) is 0 Å². The van der Waals surface area contributed by atoms with Crippen molar-refractivity contribution in [3.8, 4) is 0 Å². The van der Waals surface area contributed by atoms with Crippen LogP contribution < -0.4 is 29.6 Å². The Labute approximate surface area is 97.8 Å². The topological polar surface area (TPSA) is 40.1 Å². The molecule has 7 heteroatoms. The van der Waals surface area contributed by atoms with Gasteiger partial charge in [0.15, 0.2) is 0 Å². The molecule has 1 atom stereocenters. The Balaban J connectivity index is 0.000000845. The van der Waals surface area contributed by atoms with Crippen LogP contribution in [-0.4, -0.2) is 19.7 Å². The molecule has 3 saturated carbocycles. The monoisotopic (exact) mass is 222 g/mol. The van der Waals surface area contributed by atoms with Gasteiger partial charge < -0.3 is 4.55 Å². The van der Waals surface area contributed by atoms with Crippen molar-refractivity contribution in [3.05, 3.63) is 0 Å². The molecule has 2 nitrogen and oxygen atoms in total. The third kappa shape index (κ3) is 1.33. The fraction of sp³-hybridized carbons (Fsp3) is 1.00. The van der Waals surface area contributed by atoms with Crippen molar-refractivity contribution in [1.82, 2.24) is 0 Å². The third-order valence-electron chi connectivity index (χ3n) is 2.94. The first-order valence-electron chi connectivity index (χ1n) is 3.48. The minimum Gasteiger partial charge on any atom is -0.772 e. The quantitative estimate of drug-likeness (QED) is 0.394. The molecular weight excluding hydrogens is 216 g/mol. The van der Waals surface area contributed by atoms with Crippen molar-refractivity contribution in [2.24, 2.45) is 5.41 Å². The van der Waals surface area contributed by atoms with Crippen LogP contribution in [0.4, 0.5) is 13.2 Å². The van der Waals surface area contributed by atoms with Crippen molar-refractivity contribution in [3.63, 3.8) is 0 Å². The number of hydrogen-bond acceptors (Lipinski definition) is 2. The Kier molecular flexibility index (Phi) is 2.71. The number of alkyl halides is 3. The second-order valence-electron chi connectivity index (χ2n) is 3.73. The molecule has 3 fully saturated rings. The molecule has 0 N–H and O–H groups in total. The summed E-state index contributed by atoms with van der Waals surface area (Å²) in [5.41, 5.74) is -1.65. The number of halogens is 3. The van der Waals surface area contributed by atoms with Gasteiger partial charge >= 0.3 is 35.7 Å². The number of hydrogen-bond donors (Lipinski definition) is 0. The van der Waals surface area contributed by atoms with Gasteiger partial charge in [0.05, 0.1) is 5.41 Å². The van der Waals surface area contributed by atoms with Crippen LogP contribution in [0.25, 0.3) is 0 Å². The maximum Gasteiger partial charge on any atom is 1.00 e. The van der Waals surface area contributed by atoms with E-state index in [9.17, 15) is 21.9 Å². The first-order valence-corrected chi connectivity index (χ1v) is 4.55. The first-order chi connectivity index (χ1) is 5.31. The van der Waals surface area contributed by atoms with Crippen molar-refractivity contribution >= 4 is 11.1 Å². The summed E-state index contributed by atoms with van der Waals surface area (Å²) in [5, 5.41) is 0. The fourth-order valence-corrected chi connectivity index (χ4v) is 3.35. The van der Waals surface area contributed by atoms with Gasteiger partial charge in [-0.25, -0.2) is 0 Å². The fourth-order valence-electron chi connectivity index (χ4n) is 2.17. The molecule has 3 rings (SSSR count). The van der Waals surface area contributed by atoms with Crippen LogP contribution in [0.1, 0.15) is 19.3 Å². The minimum absolute atomic E-state index is 0. The van der Waals surface area contributed by atoms with E-state index in [1.165, 1.54) is 0 Å². The van der Waals surface area contributed by atoms with Crippen molar-refractivity contribution in [1.29, 1.82) is 0 Å². The minimum atomic E-state index is -4.21. The Morgan fingerprint density at radius 2 is 1.62 bits per heavy atom. The van der Waals surface area contributed by atoms with Crippen LogP contribution in [0, 0.1) is 5.41 Å². The Hall–Kier alpha value is 0.900. The zero-order valence-corrected chi connectivity index (χ0v) is 9.80. The molecule has 0 spiro atoms. The summed E-state index contributed by atoms with van der Waals surface area (Å²) in [6.45, 7) is 0. The maximum absolute atomic E-state index is 12.2. The zero-order valence-electron chi connectivity index (χ0n) is 6.98. The van der Waals surface area contributed by atoms with Gasteiger partial charge in [0.1, 0.15) is 0 Å². The molecule has 3 aliphatic rings. The van der Waals surface area contributed by atoms with Gasteiger partial charge in [0.2, 0.25) is 0 Å².